The second kappa shape index (κ2) is 5.37. The molecule has 0 spiro atoms. The minimum Gasteiger partial charge on any atom is -0.505 e. The fourth-order valence-electron chi connectivity index (χ4n) is 1.46. The molecule has 0 fully saturated rings. The molecular formula is C11H18N2O3S. The molecule has 1 aromatic rings. The molecule has 0 amide bonds. The summed E-state index contributed by atoms with van der Waals surface area (Å²) in [5.74, 6) is -0.0440. The van der Waals surface area contributed by atoms with Crippen LogP contribution >= 0.6 is 0 Å². The smallest absolute Gasteiger partial charge is 0.299 e. The third kappa shape index (κ3) is 3.90. The molecule has 0 aliphatic heterocycles. The zero-order valence-corrected chi connectivity index (χ0v) is 11.1. The molecule has 17 heavy (non-hydrogen) atoms. The third-order valence-electron chi connectivity index (χ3n) is 2.23. The first-order valence-electron chi connectivity index (χ1n) is 5.43. The van der Waals surface area contributed by atoms with Crippen LogP contribution in [0.3, 0.4) is 0 Å². The maximum atomic E-state index is 11.6. The number of hydrogen-bond donors (Lipinski definition) is 3. The van der Waals surface area contributed by atoms with E-state index >= 15 is 0 Å². The number of anilines is 1. The van der Waals surface area contributed by atoms with Gasteiger partial charge in [-0.25, -0.2) is 0 Å². The van der Waals surface area contributed by atoms with Gasteiger partial charge >= 0.3 is 0 Å². The van der Waals surface area contributed by atoms with E-state index in [0.717, 1.165) is 5.56 Å². The van der Waals surface area contributed by atoms with Crippen LogP contribution in [-0.2, 0) is 10.2 Å². The summed E-state index contributed by atoms with van der Waals surface area (Å²) in [4.78, 5) is 0. The molecule has 0 radical (unpaired) electrons. The number of hydrogen-bond acceptors (Lipinski definition) is 3. The molecule has 0 saturated carbocycles. The van der Waals surface area contributed by atoms with Crippen molar-refractivity contribution in [2.24, 2.45) is 0 Å². The van der Waals surface area contributed by atoms with E-state index < -0.39 is 10.2 Å². The molecule has 1 aromatic carbocycles. The summed E-state index contributed by atoms with van der Waals surface area (Å²) < 4.78 is 27.9. The van der Waals surface area contributed by atoms with Crippen LogP contribution < -0.4 is 9.44 Å². The van der Waals surface area contributed by atoms with E-state index in [0.29, 0.717) is 18.5 Å². The Hall–Kier alpha value is -1.27. The molecule has 96 valence electrons. The number of phenols is 1. The number of benzene rings is 1. The van der Waals surface area contributed by atoms with Crippen molar-refractivity contribution in [1.82, 2.24) is 4.72 Å². The Morgan fingerprint density at radius 1 is 1.29 bits per heavy atom. The van der Waals surface area contributed by atoms with Gasteiger partial charge in [-0.3, -0.25) is 4.72 Å². The highest BCUT2D eigenvalue weighted by atomic mass is 32.2. The fourth-order valence-corrected chi connectivity index (χ4v) is 2.45. The van der Waals surface area contributed by atoms with E-state index in [9.17, 15) is 13.5 Å². The topological polar surface area (TPSA) is 78.4 Å². The van der Waals surface area contributed by atoms with E-state index in [1.165, 1.54) is 0 Å². The van der Waals surface area contributed by atoms with Gasteiger partial charge in [0.05, 0.1) is 5.69 Å². The minimum absolute atomic E-state index is 0.0440. The van der Waals surface area contributed by atoms with Crippen molar-refractivity contribution in [3.8, 4) is 5.75 Å². The number of aromatic hydroxyl groups is 1. The molecule has 1 rings (SSSR count). The Morgan fingerprint density at radius 3 is 2.53 bits per heavy atom. The minimum atomic E-state index is -3.61. The van der Waals surface area contributed by atoms with Crippen molar-refractivity contribution in [3.05, 3.63) is 23.3 Å². The van der Waals surface area contributed by atoms with Crippen molar-refractivity contribution < 1.29 is 13.5 Å². The lowest BCUT2D eigenvalue weighted by molar-refractivity contribution is 0.473. The van der Waals surface area contributed by atoms with E-state index in [1.54, 1.807) is 19.1 Å². The van der Waals surface area contributed by atoms with Crippen molar-refractivity contribution in [2.75, 3.05) is 11.3 Å². The summed E-state index contributed by atoms with van der Waals surface area (Å²) in [5, 5.41) is 9.76. The van der Waals surface area contributed by atoms with Crippen LogP contribution in [-0.4, -0.2) is 20.1 Å². The Morgan fingerprint density at radius 2 is 1.94 bits per heavy atom. The SMILES string of the molecule is CCCNS(=O)(=O)Nc1cc(C)cc(C)c1O. The van der Waals surface area contributed by atoms with Gasteiger partial charge in [0.1, 0.15) is 5.75 Å². The van der Waals surface area contributed by atoms with Crippen LogP contribution in [0.2, 0.25) is 0 Å². The van der Waals surface area contributed by atoms with Crippen LogP contribution in [0.4, 0.5) is 5.69 Å². The van der Waals surface area contributed by atoms with Gasteiger partial charge in [-0.15, -0.1) is 0 Å². The lowest BCUT2D eigenvalue weighted by atomic mass is 10.1. The summed E-state index contributed by atoms with van der Waals surface area (Å²) in [6.07, 6.45) is 0.708. The number of phenolic OH excluding ortho intramolecular Hbond substituents is 1. The molecule has 0 aromatic heterocycles. The van der Waals surface area contributed by atoms with Gasteiger partial charge in [0.15, 0.2) is 0 Å². The average Bonchev–Trinajstić information content (AvgIpc) is 2.22. The quantitative estimate of drug-likeness (QED) is 0.703. The zero-order valence-electron chi connectivity index (χ0n) is 10.2. The van der Waals surface area contributed by atoms with Gasteiger partial charge in [0, 0.05) is 6.54 Å². The molecule has 0 bridgehead atoms. The van der Waals surface area contributed by atoms with Crippen molar-refractivity contribution >= 4 is 15.9 Å². The summed E-state index contributed by atoms with van der Waals surface area (Å²) in [6, 6.07) is 3.38. The summed E-state index contributed by atoms with van der Waals surface area (Å²) in [5.41, 5.74) is 1.72. The maximum Gasteiger partial charge on any atom is 0.299 e. The molecule has 5 nitrogen and oxygen atoms in total. The number of nitrogens with one attached hydrogen (secondary N) is 2. The molecule has 0 heterocycles. The average molecular weight is 258 g/mol. The van der Waals surface area contributed by atoms with Crippen LogP contribution in [0.25, 0.3) is 0 Å². The Labute approximate surface area is 102 Å². The summed E-state index contributed by atoms with van der Waals surface area (Å²) >= 11 is 0. The largest absolute Gasteiger partial charge is 0.505 e. The van der Waals surface area contributed by atoms with Crippen LogP contribution in [0.1, 0.15) is 24.5 Å². The van der Waals surface area contributed by atoms with Gasteiger partial charge in [-0.1, -0.05) is 13.0 Å². The normalized spacial score (nSPS) is 11.5. The van der Waals surface area contributed by atoms with Gasteiger partial charge in [-0.05, 0) is 37.5 Å². The second-order valence-electron chi connectivity index (χ2n) is 3.98. The summed E-state index contributed by atoms with van der Waals surface area (Å²) in [7, 11) is -3.61. The molecule has 0 aliphatic rings. The Balaban J connectivity index is 2.95. The predicted octanol–water partition coefficient (Wildman–Crippen LogP) is 1.67. The highest BCUT2D eigenvalue weighted by Gasteiger charge is 2.13. The third-order valence-corrected chi connectivity index (χ3v) is 3.30. The lowest BCUT2D eigenvalue weighted by Crippen LogP contribution is -2.30. The molecule has 0 unspecified atom stereocenters. The first-order valence-corrected chi connectivity index (χ1v) is 6.91. The number of rotatable bonds is 5. The van der Waals surface area contributed by atoms with Crippen molar-refractivity contribution in [2.45, 2.75) is 27.2 Å². The molecule has 0 saturated heterocycles. The monoisotopic (exact) mass is 258 g/mol. The van der Waals surface area contributed by atoms with Crippen molar-refractivity contribution in [1.29, 1.82) is 0 Å². The first-order chi connectivity index (χ1) is 7.85. The molecule has 6 heteroatoms. The fraction of sp³-hybridized carbons (Fsp3) is 0.455. The van der Waals surface area contributed by atoms with Crippen LogP contribution in [0.5, 0.6) is 5.75 Å². The van der Waals surface area contributed by atoms with E-state index in [2.05, 4.69) is 9.44 Å². The Bertz CT molecular complexity index is 498. The second-order valence-corrected chi connectivity index (χ2v) is 5.48. The first kappa shape index (κ1) is 13.8. The van der Waals surface area contributed by atoms with E-state index in [4.69, 9.17) is 0 Å². The molecule has 0 atom stereocenters. The van der Waals surface area contributed by atoms with Crippen molar-refractivity contribution in [3.63, 3.8) is 0 Å². The van der Waals surface area contributed by atoms with E-state index in [-0.39, 0.29) is 11.4 Å². The lowest BCUT2D eigenvalue weighted by Gasteiger charge is -2.12. The number of aryl methyl sites for hydroxylation is 2. The Kier molecular flexibility index (Phi) is 4.36. The predicted molar refractivity (Wildman–Crippen MR) is 68.4 cm³/mol. The molecular weight excluding hydrogens is 240 g/mol. The van der Waals surface area contributed by atoms with Gasteiger partial charge < -0.3 is 5.11 Å². The maximum absolute atomic E-state index is 11.6. The van der Waals surface area contributed by atoms with Crippen LogP contribution in [0.15, 0.2) is 12.1 Å². The zero-order chi connectivity index (χ0) is 13.1. The van der Waals surface area contributed by atoms with Gasteiger partial charge in [-0.2, -0.15) is 13.1 Å². The van der Waals surface area contributed by atoms with Gasteiger partial charge in [0.25, 0.3) is 10.2 Å². The molecule has 0 aliphatic carbocycles. The van der Waals surface area contributed by atoms with E-state index in [1.807, 2.05) is 13.8 Å². The summed E-state index contributed by atoms with van der Waals surface area (Å²) in [6.45, 7) is 5.79. The molecule has 3 N–H and O–H groups in total. The highest BCUT2D eigenvalue weighted by molar-refractivity contribution is 7.90. The standard InChI is InChI=1S/C11H18N2O3S/c1-4-5-12-17(15,16)13-10-7-8(2)6-9(3)11(10)14/h6-7,12-14H,4-5H2,1-3H3. The van der Waals surface area contributed by atoms with Gasteiger partial charge in [0.2, 0.25) is 0 Å². The highest BCUT2D eigenvalue weighted by Crippen LogP contribution is 2.29. The van der Waals surface area contributed by atoms with Crippen LogP contribution in [0, 0.1) is 13.8 Å².